The summed E-state index contributed by atoms with van der Waals surface area (Å²) in [7, 11) is 0. The zero-order valence-electron chi connectivity index (χ0n) is 11.4. The summed E-state index contributed by atoms with van der Waals surface area (Å²) in [6.45, 7) is 3.29. The predicted molar refractivity (Wildman–Crippen MR) is 81.2 cm³/mol. The molecule has 0 aromatic heterocycles. The Morgan fingerprint density at radius 3 is 2.43 bits per heavy atom. The zero-order chi connectivity index (χ0) is 16.0. The summed E-state index contributed by atoms with van der Waals surface area (Å²) in [5.41, 5.74) is 0. The van der Waals surface area contributed by atoms with Gasteiger partial charge in [0.1, 0.15) is 5.75 Å². The minimum absolute atomic E-state index is 0.202. The highest BCUT2D eigenvalue weighted by molar-refractivity contribution is 6.43. The average molecular weight is 355 g/mol. The van der Waals surface area contributed by atoms with E-state index >= 15 is 0 Å². The van der Waals surface area contributed by atoms with Crippen molar-refractivity contribution in [1.29, 1.82) is 0 Å². The molecule has 5 nitrogen and oxygen atoms in total. The SMILES string of the molecule is CCNC(=O)[C@H](C)OC(=O)COc1cc(Cl)c(Cl)cc1Cl. The topological polar surface area (TPSA) is 64.6 Å². The number of esters is 1. The van der Waals surface area contributed by atoms with Crippen LogP contribution in [0.15, 0.2) is 12.1 Å². The molecule has 0 radical (unpaired) electrons. The van der Waals surface area contributed by atoms with Crippen molar-refractivity contribution >= 4 is 46.7 Å². The van der Waals surface area contributed by atoms with E-state index in [0.717, 1.165) is 0 Å². The summed E-state index contributed by atoms with van der Waals surface area (Å²) in [4.78, 5) is 23.0. The summed E-state index contributed by atoms with van der Waals surface area (Å²) in [5, 5.41) is 3.28. The third kappa shape index (κ3) is 5.61. The highest BCUT2D eigenvalue weighted by Gasteiger charge is 2.17. The standard InChI is InChI=1S/C13H14Cl3NO4/c1-3-17-13(19)7(2)21-12(18)6-20-11-5-9(15)8(14)4-10(11)16/h4-5,7H,3,6H2,1-2H3,(H,17,19)/t7-/m0/s1. The first-order chi connectivity index (χ1) is 9.85. The number of benzene rings is 1. The van der Waals surface area contributed by atoms with Gasteiger partial charge in [-0.3, -0.25) is 4.79 Å². The molecule has 1 atom stereocenters. The lowest BCUT2D eigenvalue weighted by molar-refractivity contribution is -0.156. The molecule has 0 aliphatic rings. The van der Waals surface area contributed by atoms with E-state index in [4.69, 9.17) is 44.3 Å². The summed E-state index contributed by atoms with van der Waals surface area (Å²) < 4.78 is 10.1. The first-order valence-corrected chi connectivity index (χ1v) is 7.23. The second-order valence-electron chi connectivity index (χ2n) is 4.01. The van der Waals surface area contributed by atoms with Crippen LogP contribution in [0, 0.1) is 0 Å². The van der Waals surface area contributed by atoms with Gasteiger partial charge in [0.2, 0.25) is 0 Å². The third-order valence-electron chi connectivity index (χ3n) is 2.35. The van der Waals surface area contributed by atoms with E-state index in [-0.39, 0.29) is 26.7 Å². The number of halogens is 3. The Kier molecular flexibility index (Phi) is 7.08. The lowest BCUT2D eigenvalue weighted by Crippen LogP contribution is -2.36. The Bertz CT molecular complexity index is 536. The van der Waals surface area contributed by atoms with E-state index in [2.05, 4.69) is 5.32 Å². The Morgan fingerprint density at radius 1 is 1.19 bits per heavy atom. The molecule has 0 saturated carbocycles. The predicted octanol–water partition coefficient (Wildman–Crippen LogP) is 3.09. The van der Waals surface area contributed by atoms with Gasteiger partial charge in [0.15, 0.2) is 12.7 Å². The van der Waals surface area contributed by atoms with Crippen LogP contribution >= 0.6 is 34.8 Å². The van der Waals surface area contributed by atoms with Gasteiger partial charge in [-0.1, -0.05) is 34.8 Å². The molecule has 0 spiro atoms. The van der Waals surface area contributed by atoms with E-state index in [1.807, 2.05) is 0 Å². The molecule has 116 valence electrons. The zero-order valence-corrected chi connectivity index (χ0v) is 13.7. The van der Waals surface area contributed by atoms with Gasteiger partial charge in [-0.05, 0) is 19.9 Å². The van der Waals surface area contributed by atoms with Crippen LogP contribution in [0.5, 0.6) is 5.75 Å². The van der Waals surface area contributed by atoms with E-state index in [1.54, 1.807) is 6.92 Å². The van der Waals surface area contributed by atoms with Crippen molar-refractivity contribution in [1.82, 2.24) is 5.32 Å². The van der Waals surface area contributed by atoms with Crippen molar-refractivity contribution in [2.45, 2.75) is 20.0 Å². The summed E-state index contributed by atoms with van der Waals surface area (Å²) in [5.74, 6) is -0.872. The molecule has 0 fully saturated rings. The maximum atomic E-state index is 11.6. The smallest absolute Gasteiger partial charge is 0.344 e. The van der Waals surface area contributed by atoms with Crippen molar-refractivity contribution in [3.63, 3.8) is 0 Å². The Labute approximate surface area is 137 Å². The molecule has 21 heavy (non-hydrogen) atoms. The highest BCUT2D eigenvalue weighted by Crippen LogP contribution is 2.33. The number of carbonyl (C=O) groups excluding carboxylic acids is 2. The van der Waals surface area contributed by atoms with Crippen molar-refractivity contribution in [3.05, 3.63) is 27.2 Å². The largest absolute Gasteiger partial charge is 0.480 e. The van der Waals surface area contributed by atoms with Crippen molar-refractivity contribution in [3.8, 4) is 5.75 Å². The Balaban J connectivity index is 2.54. The Hall–Kier alpha value is -1.17. The molecule has 1 N–H and O–H groups in total. The summed E-state index contributed by atoms with van der Waals surface area (Å²) in [6.07, 6.45) is -0.898. The molecular formula is C13H14Cl3NO4. The minimum atomic E-state index is -0.898. The lowest BCUT2D eigenvalue weighted by Gasteiger charge is -2.13. The molecule has 0 aliphatic heterocycles. The van der Waals surface area contributed by atoms with Crippen LogP contribution in [0.4, 0.5) is 0 Å². The van der Waals surface area contributed by atoms with Gasteiger partial charge in [-0.15, -0.1) is 0 Å². The van der Waals surface area contributed by atoms with Crippen LogP contribution in [-0.4, -0.2) is 31.1 Å². The third-order valence-corrected chi connectivity index (χ3v) is 3.37. The number of amides is 1. The van der Waals surface area contributed by atoms with Crippen molar-refractivity contribution in [2.75, 3.05) is 13.2 Å². The fourth-order valence-electron chi connectivity index (χ4n) is 1.35. The quantitative estimate of drug-likeness (QED) is 0.630. The van der Waals surface area contributed by atoms with Crippen LogP contribution in [0.3, 0.4) is 0 Å². The van der Waals surface area contributed by atoms with Gasteiger partial charge in [0, 0.05) is 12.6 Å². The van der Waals surface area contributed by atoms with Gasteiger partial charge >= 0.3 is 5.97 Å². The fraction of sp³-hybridized carbons (Fsp3) is 0.385. The van der Waals surface area contributed by atoms with Gasteiger partial charge in [-0.2, -0.15) is 0 Å². The molecular weight excluding hydrogens is 341 g/mol. The molecule has 1 aromatic carbocycles. The maximum absolute atomic E-state index is 11.6. The van der Waals surface area contributed by atoms with E-state index in [9.17, 15) is 9.59 Å². The number of nitrogens with one attached hydrogen (secondary N) is 1. The van der Waals surface area contributed by atoms with Gasteiger partial charge < -0.3 is 14.8 Å². The molecule has 0 aliphatic carbocycles. The summed E-state index contributed by atoms with van der Waals surface area (Å²) in [6, 6.07) is 2.80. The van der Waals surface area contributed by atoms with Crippen LogP contribution in [-0.2, 0) is 14.3 Å². The number of ether oxygens (including phenoxy) is 2. The molecule has 1 amide bonds. The molecule has 1 aromatic rings. The number of hydrogen-bond donors (Lipinski definition) is 1. The van der Waals surface area contributed by atoms with Crippen molar-refractivity contribution < 1.29 is 19.1 Å². The fourth-order valence-corrected chi connectivity index (χ4v) is 1.95. The normalized spacial score (nSPS) is 11.7. The van der Waals surface area contributed by atoms with E-state index < -0.39 is 18.7 Å². The van der Waals surface area contributed by atoms with Crippen LogP contribution < -0.4 is 10.1 Å². The van der Waals surface area contributed by atoms with Crippen LogP contribution in [0.1, 0.15) is 13.8 Å². The molecule has 0 unspecified atom stereocenters. The number of likely N-dealkylation sites (N-methyl/N-ethyl adjacent to an activating group) is 1. The van der Waals surface area contributed by atoms with Crippen LogP contribution in [0.2, 0.25) is 15.1 Å². The second-order valence-corrected chi connectivity index (χ2v) is 5.23. The second kappa shape index (κ2) is 8.32. The molecule has 8 heteroatoms. The first kappa shape index (κ1) is 17.9. The van der Waals surface area contributed by atoms with Gasteiger partial charge in [0.05, 0.1) is 15.1 Å². The monoisotopic (exact) mass is 353 g/mol. The number of rotatable bonds is 6. The first-order valence-electron chi connectivity index (χ1n) is 6.09. The lowest BCUT2D eigenvalue weighted by atomic mass is 10.3. The molecule has 1 rings (SSSR count). The number of carbonyl (C=O) groups is 2. The molecule has 0 heterocycles. The Morgan fingerprint density at radius 2 is 1.81 bits per heavy atom. The highest BCUT2D eigenvalue weighted by atomic mass is 35.5. The van der Waals surface area contributed by atoms with Gasteiger partial charge in [-0.25, -0.2) is 4.79 Å². The van der Waals surface area contributed by atoms with Crippen molar-refractivity contribution in [2.24, 2.45) is 0 Å². The molecule has 0 bridgehead atoms. The van der Waals surface area contributed by atoms with E-state index in [0.29, 0.717) is 6.54 Å². The number of hydrogen-bond acceptors (Lipinski definition) is 4. The van der Waals surface area contributed by atoms with E-state index in [1.165, 1.54) is 19.1 Å². The minimum Gasteiger partial charge on any atom is -0.480 e. The average Bonchev–Trinajstić information content (AvgIpc) is 2.41. The maximum Gasteiger partial charge on any atom is 0.344 e. The molecule has 0 saturated heterocycles. The summed E-state index contributed by atoms with van der Waals surface area (Å²) >= 11 is 17.5. The van der Waals surface area contributed by atoms with Gasteiger partial charge in [0.25, 0.3) is 5.91 Å². The van der Waals surface area contributed by atoms with Crippen LogP contribution in [0.25, 0.3) is 0 Å².